The highest BCUT2D eigenvalue weighted by atomic mass is 35.5. The number of sulfonamides is 1. The van der Waals surface area contributed by atoms with E-state index in [1.54, 1.807) is 25.1 Å². The lowest BCUT2D eigenvalue weighted by Gasteiger charge is -2.13. The third-order valence-electron chi connectivity index (χ3n) is 3.20. The van der Waals surface area contributed by atoms with Crippen molar-refractivity contribution in [2.45, 2.75) is 18.7 Å². The van der Waals surface area contributed by atoms with Gasteiger partial charge in [0.1, 0.15) is 0 Å². The first kappa shape index (κ1) is 18.7. The van der Waals surface area contributed by atoms with Gasteiger partial charge >= 0.3 is 0 Å². The van der Waals surface area contributed by atoms with E-state index in [1.165, 1.54) is 12.1 Å². The second kappa shape index (κ2) is 7.94. The van der Waals surface area contributed by atoms with Gasteiger partial charge < -0.3 is 10.6 Å². The molecule has 0 aliphatic heterocycles. The Bertz CT molecular complexity index is 837. The Morgan fingerprint density at radius 3 is 2.42 bits per heavy atom. The zero-order valence-corrected chi connectivity index (χ0v) is 15.6. The Kier molecular flexibility index (Phi) is 6.17. The first-order valence-corrected chi connectivity index (χ1v) is 9.52. The van der Waals surface area contributed by atoms with Crippen LogP contribution in [0, 0.1) is 6.92 Å². The van der Waals surface area contributed by atoms with Crippen molar-refractivity contribution in [1.82, 2.24) is 4.72 Å². The Morgan fingerprint density at radius 1 is 1.12 bits per heavy atom. The number of rotatable bonds is 5. The smallest absolute Gasteiger partial charge is 0.240 e. The molecule has 0 spiro atoms. The van der Waals surface area contributed by atoms with E-state index in [4.69, 9.17) is 23.8 Å². The third-order valence-corrected chi connectivity index (χ3v) is 5.21. The van der Waals surface area contributed by atoms with Gasteiger partial charge in [-0.2, -0.15) is 0 Å². The minimum absolute atomic E-state index is 0.208. The van der Waals surface area contributed by atoms with Crippen LogP contribution in [0.2, 0.25) is 5.02 Å². The fourth-order valence-electron chi connectivity index (χ4n) is 2.00. The molecule has 2 aromatic carbocycles. The van der Waals surface area contributed by atoms with E-state index in [2.05, 4.69) is 15.4 Å². The van der Waals surface area contributed by atoms with Crippen LogP contribution in [-0.4, -0.2) is 20.1 Å². The maximum absolute atomic E-state index is 11.9. The van der Waals surface area contributed by atoms with Gasteiger partial charge in [0, 0.05) is 22.9 Å². The molecule has 0 aliphatic carbocycles. The van der Waals surface area contributed by atoms with Crippen molar-refractivity contribution < 1.29 is 8.42 Å². The normalized spacial score (nSPS) is 11.1. The van der Waals surface area contributed by atoms with Gasteiger partial charge in [-0.05, 0) is 61.1 Å². The molecule has 0 unspecified atom stereocenters. The molecule has 0 aromatic heterocycles. The van der Waals surface area contributed by atoms with Gasteiger partial charge in [-0.3, -0.25) is 0 Å². The van der Waals surface area contributed by atoms with Crippen LogP contribution in [0.5, 0.6) is 0 Å². The third kappa shape index (κ3) is 4.91. The Labute approximate surface area is 152 Å². The van der Waals surface area contributed by atoms with E-state index in [9.17, 15) is 8.42 Å². The first-order valence-electron chi connectivity index (χ1n) is 7.25. The van der Waals surface area contributed by atoms with Crippen molar-refractivity contribution in [3.63, 3.8) is 0 Å². The summed E-state index contributed by atoms with van der Waals surface area (Å²) in [7, 11) is -3.46. The number of nitrogens with one attached hydrogen (secondary N) is 3. The van der Waals surface area contributed by atoms with E-state index in [-0.39, 0.29) is 4.90 Å². The molecule has 0 amide bonds. The maximum Gasteiger partial charge on any atom is 0.240 e. The van der Waals surface area contributed by atoms with Crippen LogP contribution in [0.3, 0.4) is 0 Å². The van der Waals surface area contributed by atoms with E-state index in [0.29, 0.717) is 22.4 Å². The topological polar surface area (TPSA) is 70.2 Å². The molecule has 8 heteroatoms. The molecule has 0 bridgehead atoms. The molecule has 3 N–H and O–H groups in total. The molecular formula is C16H18ClN3O2S2. The summed E-state index contributed by atoms with van der Waals surface area (Å²) in [6.07, 6.45) is 0. The monoisotopic (exact) mass is 383 g/mol. The molecule has 5 nitrogen and oxygen atoms in total. The second-order valence-corrected chi connectivity index (χ2v) is 7.68. The number of anilines is 2. The standard InChI is InChI=1S/C16H18ClN3O2S2/c1-3-18-24(21,22)14-8-6-13(7-9-14)19-16(23)20-15-10-12(17)5-4-11(15)2/h4-10,18H,3H2,1-2H3,(H2,19,20,23). The number of benzene rings is 2. The van der Waals surface area contributed by atoms with Crippen molar-refractivity contribution in [1.29, 1.82) is 0 Å². The van der Waals surface area contributed by atoms with Crippen LogP contribution in [0.25, 0.3) is 0 Å². The lowest BCUT2D eigenvalue weighted by Crippen LogP contribution is -2.23. The number of hydrogen-bond donors (Lipinski definition) is 3. The Hall–Kier alpha value is -1.67. The largest absolute Gasteiger partial charge is 0.332 e. The molecule has 2 aromatic rings. The maximum atomic E-state index is 11.9. The van der Waals surface area contributed by atoms with Crippen molar-refractivity contribution >= 4 is 50.3 Å². The van der Waals surface area contributed by atoms with Crippen LogP contribution in [0.15, 0.2) is 47.4 Å². The van der Waals surface area contributed by atoms with Crippen molar-refractivity contribution in [3.8, 4) is 0 Å². The first-order chi connectivity index (χ1) is 11.3. The summed E-state index contributed by atoms with van der Waals surface area (Å²) in [6.45, 7) is 4.02. The minimum atomic E-state index is -3.46. The molecule has 2 rings (SSSR count). The zero-order chi connectivity index (χ0) is 17.7. The number of hydrogen-bond acceptors (Lipinski definition) is 3. The summed E-state index contributed by atoms with van der Waals surface area (Å²) >= 11 is 11.3. The Balaban J connectivity index is 2.06. The van der Waals surface area contributed by atoms with Gasteiger partial charge in [0.15, 0.2) is 5.11 Å². The van der Waals surface area contributed by atoms with Gasteiger partial charge in [0.25, 0.3) is 0 Å². The zero-order valence-electron chi connectivity index (χ0n) is 13.3. The number of halogens is 1. The summed E-state index contributed by atoms with van der Waals surface area (Å²) in [5.74, 6) is 0. The summed E-state index contributed by atoms with van der Waals surface area (Å²) in [5.41, 5.74) is 2.50. The van der Waals surface area contributed by atoms with Crippen molar-refractivity contribution in [3.05, 3.63) is 53.1 Å². The van der Waals surface area contributed by atoms with Crippen LogP contribution in [-0.2, 0) is 10.0 Å². The molecular weight excluding hydrogens is 366 g/mol. The molecule has 0 aliphatic rings. The predicted molar refractivity (Wildman–Crippen MR) is 103 cm³/mol. The lowest BCUT2D eigenvalue weighted by molar-refractivity contribution is 0.584. The van der Waals surface area contributed by atoms with E-state index >= 15 is 0 Å². The van der Waals surface area contributed by atoms with Crippen molar-refractivity contribution in [2.24, 2.45) is 0 Å². The van der Waals surface area contributed by atoms with E-state index < -0.39 is 10.0 Å². The van der Waals surface area contributed by atoms with Crippen LogP contribution < -0.4 is 15.4 Å². The summed E-state index contributed by atoms with van der Waals surface area (Å²) in [4.78, 5) is 0.208. The van der Waals surface area contributed by atoms with Gasteiger partial charge in [-0.1, -0.05) is 24.6 Å². The molecule has 0 heterocycles. The van der Waals surface area contributed by atoms with E-state index in [1.807, 2.05) is 19.1 Å². The van der Waals surface area contributed by atoms with Gasteiger partial charge in [0.05, 0.1) is 4.90 Å². The fourth-order valence-corrected chi connectivity index (χ4v) is 3.45. The lowest BCUT2D eigenvalue weighted by atomic mass is 10.2. The minimum Gasteiger partial charge on any atom is -0.332 e. The average Bonchev–Trinajstić information content (AvgIpc) is 2.51. The van der Waals surface area contributed by atoms with E-state index in [0.717, 1.165) is 11.3 Å². The molecule has 128 valence electrons. The molecule has 0 fully saturated rings. The molecule has 0 saturated carbocycles. The van der Waals surface area contributed by atoms with Gasteiger partial charge in [-0.15, -0.1) is 0 Å². The second-order valence-electron chi connectivity index (χ2n) is 5.06. The predicted octanol–water partition coefficient (Wildman–Crippen LogP) is 3.76. The molecule has 0 saturated heterocycles. The van der Waals surface area contributed by atoms with Crippen LogP contribution >= 0.6 is 23.8 Å². The number of thiocarbonyl (C=S) groups is 1. The van der Waals surface area contributed by atoms with Crippen molar-refractivity contribution in [2.75, 3.05) is 17.2 Å². The van der Waals surface area contributed by atoms with Gasteiger partial charge in [0.2, 0.25) is 10.0 Å². The highest BCUT2D eigenvalue weighted by Crippen LogP contribution is 2.21. The quantitative estimate of drug-likeness (QED) is 0.686. The summed E-state index contributed by atoms with van der Waals surface area (Å²) in [5, 5.41) is 7.09. The average molecular weight is 384 g/mol. The van der Waals surface area contributed by atoms with Crippen LogP contribution in [0.4, 0.5) is 11.4 Å². The highest BCUT2D eigenvalue weighted by molar-refractivity contribution is 7.89. The molecule has 0 radical (unpaired) electrons. The Morgan fingerprint density at radius 2 is 1.79 bits per heavy atom. The van der Waals surface area contributed by atoms with Crippen LogP contribution in [0.1, 0.15) is 12.5 Å². The molecule has 0 atom stereocenters. The highest BCUT2D eigenvalue weighted by Gasteiger charge is 2.12. The summed E-state index contributed by atoms with van der Waals surface area (Å²) < 4.78 is 26.2. The summed E-state index contributed by atoms with van der Waals surface area (Å²) in [6, 6.07) is 11.8. The molecule has 24 heavy (non-hydrogen) atoms. The number of aryl methyl sites for hydroxylation is 1. The van der Waals surface area contributed by atoms with Gasteiger partial charge in [-0.25, -0.2) is 13.1 Å². The SMILES string of the molecule is CCNS(=O)(=O)c1ccc(NC(=S)Nc2cc(Cl)ccc2C)cc1. The fraction of sp³-hybridized carbons (Fsp3) is 0.188.